The lowest BCUT2D eigenvalue weighted by Gasteiger charge is -2.13. The van der Waals surface area contributed by atoms with Crippen LogP contribution in [0.5, 0.6) is 0 Å². The van der Waals surface area contributed by atoms with Gasteiger partial charge in [0, 0.05) is 3.57 Å². The number of carbonyl (C=O) groups is 1. The maximum absolute atomic E-state index is 12.8. The summed E-state index contributed by atoms with van der Waals surface area (Å²) >= 11 is 1.53. The Hall–Kier alpha value is -1.77. The van der Waals surface area contributed by atoms with Gasteiger partial charge in [0.15, 0.2) is 0 Å². The number of amides is 1. The third-order valence-electron chi connectivity index (χ3n) is 2.64. The van der Waals surface area contributed by atoms with E-state index in [-0.39, 0.29) is 9.13 Å². The number of hydrogen-bond donors (Lipinski definition) is 2. The van der Waals surface area contributed by atoms with Crippen molar-refractivity contribution in [2.24, 2.45) is 0 Å². The molecule has 2 aromatic carbocycles. The van der Waals surface area contributed by atoms with Crippen molar-refractivity contribution in [1.29, 1.82) is 0 Å². The molecule has 2 aromatic rings. The van der Waals surface area contributed by atoms with Crippen molar-refractivity contribution < 1.29 is 18.0 Å². The van der Waals surface area contributed by atoms with E-state index in [4.69, 9.17) is 0 Å². The molecule has 0 fully saturated rings. The molecular formula is C14H10F3IN2O. The Balaban J connectivity index is 2.17. The summed E-state index contributed by atoms with van der Waals surface area (Å²) in [5.41, 5.74) is 4.79. The van der Waals surface area contributed by atoms with Gasteiger partial charge in [-0.2, -0.15) is 13.2 Å². The topological polar surface area (TPSA) is 41.1 Å². The number of hydrazine groups is 1. The fourth-order valence-electron chi connectivity index (χ4n) is 1.64. The average Bonchev–Trinajstić information content (AvgIpc) is 2.45. The van der Waals surface area contributed by atoms with Gasteiger partial charge in [-0.1, -0.05) is 24.3 Å². The zero-order valence-electron chi connectivity index (χ0n) is 10.5. The number of anilines is 1. The van der Waals surface area contributed by atoms with E-state index in [1.54, 1.807) is 24.3 Å². The van der Waals surface area contributed by atoms with Crippen LogP contribution < -0.4 is 10.9 Å². The normalized spacial score (nSPS) is 11.0. The first-order chi connectivity index (χ1) is 9.89. The van der Waals surface area contributed by atoms with E-state index in [1.165, 1.54) is 34.7 Å². The predicted octanol–water partition coefficient (Wildman–Crippen LogP) is 4.07. The van der Waals surface area contributed by atoms with Gasteiger partial charge < -0.3 is 0 Å². The number of rotatable bonds is 3. The van der Waals surface area contributed by atoms with E-state index < -0.39 is 17.6 Å². The van der Waals surface area contributed by atoms with Crippen LogP contribution in [0.15, 0.2) is 48.5 Å². The highest BCUT2D eigenvalue weighted by atomic mass is 127. The van der Waals surface area contributed by atoms with Gasteiger partial charge in [-0.3, -0.25) is 15.6 Å². The van der Waals surface area contributed by atoms with Gasteiger partial charge in [-0.25, -0.2) is 0 Å². The molecule has 0 aliphatic heterocycles. The van der Waals surface area contributed by atoms with Crippen molar-refractivity contribution in [2.75, 3.05) is 5.43 Å². The molecule has 110 valence electrons. The first-order valence-corrected chi connectivity index (χ1v) is 6.94. The summed E-state index contributed by atoms with van der Waals surface area (Å²) in [6.07, 6.45) is -4.49. The fraction of sp³-hybridized carbons (Fsp3) is 0.0714. The van der Waals surface area contributed by atoms with Gasteiger partial charge in [0.2, 0.25) is 0 Å². The molecule has 0 saturated carbocycles. The molecule has 2 rings (SSSR count). The number of nitrogens with one attached hydrogen (secondary N) is 2. The average molecular weight is 406 g/mol. The van der Waals surface area contributed by atoms with E-state index in [9.17, 15) is 18.0 Å². The standard InChI is InChI=1S/C14H10F3IN2O/c15-14(16,17)11-8-4-7-10(12(11)18)13(21)20-19-9-5-2-1-3-6-9/h1-8,19H,(H,20,21). The largest absolute Gasteiger partial charge is 0.417 e. The molecule has 0 spiro atoms. The van der Waals surface area contributed by atoms with Crippen LogP contribution >= 0.6 is 22.6 Å². The number of hydrogen-bond acceptors (Lipinski definition) is 2. The minimum Gasteiger partial charge on any atom is -0.298 e. The third-order valence-corrected chi connectivity index (χ3v) is 3.81. The summed E-state index contributed by atoms with van der Waals surface area (Å²) < 4.78 is 38.2. The van der Waals surface area contributed by atoms with Crippen molar-refractivity contribution in [3.8, 4) is 0 Å². The second kappa shape index (κ2) is 6.33. The molecule has 0 aromatic heterocycles. The monoisotopic (exact) mass is 406 g/mol. The summed E-state index contributed by atoms with van der Waals surface area (Å²) in [6, 6.07) is 12.3. The van der Waals surface area contributed by atoms with Crippen molar-refractivity contribution in [2.45, 2.75) is 6.18 Å². The zero-order chi connectivity index (χ0) is 15.5. The predicted molar refractivity (Wildman–Crippen MR) is 81.7 cm³/mol. The number of para-hydroxylation sites is 1. The molecule has 0 saturated heterocycles. The minimum absolute atomic E-state index is 0.0335. The van der Waals surface area contributed by atoms with E-state index in [0.29, 0.717) is 5.69 Å². The van der Waals surface area contributed by atoms with Crippen LogP contribution in [0.3, 0.4) is 0 Å². The second-order valence-corrected chi connectivity index (χ2v) is 5.19. The van der Waals surface area contributed by atoms with Gasteiger partial charge >= 0.3 is 6.18 Å². The lowest BCUT2D eigenvalue weighted by molar-refractivity contribution is -0.138. The van der Waals surface area contributed by atoms with Crippen molar-refractivity contribution in [3.63, 3.8) is 0 Å². The van der Waals surface area contributed by atoms with Gasteiger partial charge in [0.1, 0.15) is 0 Å². The second-order valence-electron chi connectivity index (χ2n) is 4.11. The van der Waals surface area contributed by atoms with E-state index >= 15 is 0 Å². The number of benzene rings is 2. The SMILES string of the molecule is O=C(NNc1ccccc1)c1cccc(C(F)(F)F)c1I. The molecule has 0 aliphatic rings. The molecule has 7 heteroatoms. The van der Waals surface area contributed by atoms with E-state index in [1.807, 2.05) is 6.07 Å². The highest BCUT2D eigenvalue weighted by molar-refractivity contribution is 14.1. The van der Waals surface area contributed by atoms with Crippen LogP contribution in [0.2, 0.25) is 0 Å². The van der Waals surface area contributed by atoms with Crippen molar-refractivity contribution in [3.05, 3.63) is 63.2 Å². The van der Waals surface area contributed by atoms with Gasteiger partial charge in [0.25, 0.3) is 5.91 Å². The molecule has 0 bridgehead atoms. The molecule has 1 amide bonds. The number of halogens is 4. The molecule has 0 radical (unpaired) electrons. The third kappa shape index (κ3) is 3.87. The van der Waals surface area contributed by atoms with Crippen molar-refractivity contribution in [1.82, 2.24) is 5.43 Å². The summed E-state index contributed by atoms with van der Waals surface area (Å²) in [4.78, 5) is 12.0. The van der Waals surface area contributed by atoms with Crippen LogP contribution in [0.4, 0.5) is 18.9 Å². The first-order valence-electron chi connectivity index (χ1n) is 5.86. The molecular weight excluding hydrogens is 396 g/mol. The number of carbonyl (C=O) groups excluding carboxylic acids is 1. The van der Waals surface area contributed by atoms with Gasteiger partial charge in [0.05, 0.1) is 16.8 Å². The highest BCUT2D eigenvalue weighted by Crippen LogP contribution is 2.34. The van der Waals surface area contributed by atoms with E-state index in [0.717, 1.165) is 6.07 Å². The van der Waals surface area contributed by atoms with Gasteiger partial charge in [-0.15, -0.1) is 0 Å². The molecule has 0 aliphatic carbocycles. The Morgan fingerprint density at radius 3 is 2.29 bits per heavy atom. The Morgan fingerprint density at radius 1 is 1.00 bits per heavy atom. The van der Waals surface area contributed by atoms with Crippen LogP contribution in [0.1, 0.15) is 15.9 Å². The molecule has 0 unspecified atom stereocenters. The van der Waals surface area contributed by atoms with E-state index in [2.05, 4.69) is 10.9 Å². The first kappa shape index (κ1) is 15.6. The lowest BCUT2D eigenvalue weighted by atomic mass is 10.1. The fourth-order valence-corrected chi connectivity index (χ4v) is 2.55. The van der Waals surface area contributed by atoms with Crippen LogP contribution in [-0.4, -0.2) is 5.91 Å². The summed E-state index contributed by atoms with van der Waals surface area (Å²) in [5, 5.41) is 0. The highest BCUT2D eigenvalue weighted by Gasteiger charge is 2.34. The van der Waals surface area contributed by atoms with Crippen LogP contribution in [0, 0.1) is 3.57 Å². The maximum Gasteiger partial charge on any atom is 0.417 e. The quantitative estimate of drug-likeness (QED) is 0.596. The zero-order valence-corrected chi connectivity index (χ0v) is 12.7. The molecule has 3 nitrogen and oxygen atoms in total. The molecule has 0 heterocycles. The molecule has 2 N–H and O–H groups in total. The Kier molecular flexibility index (Phi) is 4.71. The van der Waals surface area contributed by atoms with Crippen molar-refractivity contribution >= 4 is 34.2 Å². The molecule has 21 heavy (non-hydrogen) atoms. The maximum atomic E-state index is 12.8. The minimum atomic E-state index is -4.49. The summed E-state index contributed by atoms with van der Waals surface area (Å²) in [7, 11) is 0. The molecule has 0 atom stereocenters. The number of alkyl halides is 3. The summed E-state index contributed by atoms with van der Waals surface area (Å²) in [5.74, 6) is -0.630. The Bertz CT molecular complexity index is 644. The lowest BCUT2D eigenvalue weighted by Crippen LogP contribution is -2.30. The van der Waals surface area contributed by atoms with Crippen LogP contribution in [-0.2, 0) is 6.18 Å². The summed E-state index contributed by atoms with van der Waals surface area (Å²) in [6.45, 7) is 0. The van der Waals surface area contributed by atoms with Gasteiger partial charge in [-0.05, 0) is 46.9 Å². The Morgan fingerprint density at radius 2 is 1.67 bits per heavy atom. The Labute approximate surface area is 132 Å². The smallest absolute Gasteiger partial charge is 0.298 e. The van der Waals surface area contributed by atoms with Crippen LogP contribution in [0.25, 0.3) is 0 Å².